The summed E-state index contributed by atoms with van der Waals surface area (Å²) >= 11 is 0. The summed E-state index contributed by atoms with van der Waals surface area (Å²) in [5.74, 6) is 2.41. The molecule has 4 heteroatoms. The summed E-state index contributed by atoms with van der Waals surface area (Å²) < 4.78 is 1.79. The van der Waals surface area contributed by atoms with Gasteiger partial charge in [-0.15, -0.1) is 0 Å². The molecule has 3 N–H and O–H groups in total. The molecule has 1 amide bonds. The van der Waals surface area contributed by atoms with Crippen LogP contribution in [0.1, 0.15) is 43.1 Å². The zero-order chi connectivity index (χ0) is 13.6. The first-order chi connectivity index (χ1) is 9.04. The molecule has 4 nitrogen and oxygen atoms in total. The highest BCUT2D eigenvalue weighted by molar-refractivity contribution is 5.93. The van der Waals surface area contributed by atoms with Crippen molar-refractivity contribution in [1.29, 1.82) is 0 Å². The van der Waals surface area contributed by atoms with Gasteiger partial charge >= 0.3 is 0 Å². The summed E-state index contributed by atoms with van der Waals surface area (Å²) in [5.41, 5.74) is 7.00. The van der Waals surface area contributed by atoms with Gasteiger partial charge in [-0.3, -0.25) is 4.79 Å². The van der Waals surface area contributed by atoms with Crippen molar-refractivity contribution < 1.29 is 4.79 Å². The van der Waals surface area contributed by atoms with Crippen molar-refractivity contribution in [2.24, 2.45) is 24.8 Å². The van der Waals surface area contributed by atoms with E-state index in [9.17, 15) is 4.79 Å². The lowest BCUT2D eigenvalue weighted by Gasteiger charge is -2.28. The highest BCUT2D eigenvalue weighted by atomic mass is 16.2. The van der Waals surface area contributed by atoms with Gasteiger partial charge in [-0.1, -0.05) is 6.42 Å². The third kappa shape index (κ3) is 2.24. The smallest absolute Gasteiger partial charge is 0.268 e. The minimum atomic E-state index is -0.00512. The maximum atomic E-state index is 12.3. The number of nitrogens with one attached hydrogen (secondary N) is 1. The van der Waals surface area contributed by atoms with Gasteiger partial charge < -0.3 is 15.6 Å². The Morgan fingerprint density at radius 2 is 2.26 bits per heavy atom. The number of fused-ring (bicyclic) bond motifs is 2. The molecule has 2 bridgehead atoms. The molecule has 2 saturated carbocycles. The van der Waals surface area contributed by atoms with Crippen LogP contribution in [-0.2, 0) is 7.05 Å². The Balaban J connectivity index is 1.65. The lowest BCUT2D eigenvalue weighted by molar-refractivity contribution is 0.0907. The molecule has 1 heterocycles. The summed E-state index contributed by atoms with van der Waals surface area (Å²) in [5, 5.41) is 3.16. The van der Waals surface area contributed by atoms with E-state index in [-0.39, 0.29) is 11.9 Å². The van der Waals surface area contributed by atoms with Gasteiger partial charge in [0.05, 0.1) is 5.69 Å². The molecule has 0 aliphatic heterocycles. The molecule has 0 saturated heterocycles. The van der Waals surface area contributed by atoms with Crippen LogP contribution in [0.4, 0.5) is 5.69 Å². The predicted molar refractivity (Wildman–Crippen MR) is 75.7 cm³/mol. The molecule has 4 atom stereocenters. The Hall–Kier alpha value is -1.45. The van der Waals surface area contributed by atoms with Crippen LogP contribution < -0.4 is 11.1 Å². The van der Waals surface area contributed by atoms with Gasteiger partial charge in [0.2, 0.25) is 0 Å². The predicted octanol–water partition coefficient (Wildman–Crippen LogP) is 2.16. The first-order valence-electron chi connectivity index (χ1n) is 7.27. The Morgan fingerprint density at radius 1 is 1.47 bits per heavy atom. The topological polar surface area (TPSA) is 60.1 Å². The Kier molecular flexibility index (Phi) is 3.03. The normalized spacial score (nSPS) is 30.5. The number of rotatable bonds is 3. The number of carbonyl (C=O) groups excluding carboxylic acids is 1. The van der Waals surface area contributed by atoms with E-state index in [1.807, 2.05) is 7.05 Å². The molecule has 19 heavy (non-hydrogen) atoms. The van der Waals surface area contributed by atoms with Crippen LogP contribution in [0, 0.1) is 17.8 Å². The van der Waals surface area contributed by atoms with Crippen LogP contribution in [0.15, 0.2) is 12.3 Å². The molecular formula is C15H23N3O. The molecule has 0 radical (unpaired) electrons. The minimum Gasteiger partial charge on any atom is -0.397 e. The van der Waals surface area contributed by atoms with Crippen molar-refractivity contribution in [2.45, 2.75) is 38.6 Å². The van der Waals surface area contributed by atoms with Crippen LogP contribution in [0.2, 0.25) is 0 Å². The molecule has 0 spiro atoms. The monoisotopic (exact) mass is 261 g/mol. The number of nitrogens with zero attached hydrogens (tertiary/aromatic N) is 1. The number of hydrogen-bond acceptors (Lipinski definition) is 2. The van der Waals surface area contributed by atoms with Crippen LogP contribution in [-0.4, -0.2) is 16.5 Å². The number of carbonyl (C=O) groups is 1. The lowest BCUT2D eigenvalue weighted by atomic mass is 9.84. The largest absolute Gasteiger partial charge is 0.397 e. The molecule has 1 aromatic heterocycles. The Bertz CT molecular complexity index is 494. The van der Waals surface area contributed by atoms with Crippen molar-refractivity contribution in [3.63, 3.8) is 0 Å². The van der Waals surface area contributed by atoms with Gasteiger partial charge in [0, 0.05) is 19.3 Å². The highest BCUT2D eigenvalue weighted by Gasteiger charge is 2.42. The molecule has 4 unspecified atom stereocenters. The second-order valence-electron chi connectivity index (χ2n) is 6.37. The Labute approximate surface area is 114 Å². The number of nitrogen functional groups attached to an aromatic ring is 1. The molecule has 2 fully saturated rings. The summed E-state index contributed by atoms with van der Waals surface area (Å²) in [6.07, 6.45) is 7.20. The molecule has 1 aromatic rings. The van der Waals surface area contributed by atoms with E-state index < -0.39 is 0 Å². The van der Waals surface area contributed by atoms with Gasteiger partial charge in [-0.2, -0.15) is 0 Å². The first kappa shape index (κ1) is 12.6. The minimum absolute atomic E-state index is 0.00512. The average molecular weight is 261 g/mol. The van der Waals surface area contributed by atoms with Crippen molar-refractivity contribution in [2.75, 3.05) is 5.73 Å². The van der Waals surface area contributed by atoms with E-state index in [0.717, 1.165) is 11.8 Å². The van der Waals surface area contributed by atoms with E-state index in [4.69, 9.17) is 5.73 Å². The highest BCUT2D eigenvalue weighted by Crippen LogP contribution is 2.49. The van der Waals surface area contributed by atoms with Gasteiger partial charge in [-0.25, -0.2) is 0 Å². The molecular weight excluding hydrogens is 238 g/mol. The quantitative estimate of drug-likeness (QED) is 0.876. The second kappa shape index (κ2) is 4.58. The van der Waals surface area contributed by atoms with Crippen molar-refractivity contribution in [1.82, 2.24) is 9.88 Å². The molecule has 3 rings (SSSR count). The van der Waals surface area contributed by atoms with Crippen molar-refractivity contribution in [3.8, 4) is 0 Å². The summed E-state index contributed by atoms with van der Waals surface area (Å²) in [4.78, 5) is 12.3. The third-order valence-electron chi connectivity index (χ3n) is 5.05. The lowest BCUT2D eigenvalue weighted by Crippen LogP contribution is -2.40. The molecule has 0 aromatic carbocycles. The van der Waals surface area contributed by atoms with Gasteiger partial charge in [-0.05, 0) is 50.0 Å². The second-order valence-corrected chi connectivity index (χ2v) is 6.37. The average Bonchev–Trinajstić information content (AvgIpc) is 3.03. The van der Waals surface area contributed by atoms with Gasteiger partial charge in [0.1, 0.15) is 5.69 Å². The van der Waals surface area contributed by atoms with Crippen LogP contribution in [0.25, 0.3) is 0 Å². The fraction of sp³-hybridized carbons (Fsp3) is 0.667. The maximum Gasteiger partial charge on any atom is 0.268 e. The van der Waals surface area contributed by atoms with Gasteiger partial charge in [0.15, 0.2) is 0 Å². The zero-order valence-electron chi connectivity index (χ0n) is 11.7. The molecule has 2 aliphatic rings. The molecule has 104 valence electrons. The van der Waals surface area contributed by atoms with Crippen molar-refractivity contribution >= 4 is 11.6 Å². The third-order valence-corrected chi connectivity index (χ3v) is 5.05. The number of anilines is 1. The van der Waals surface area contributed by atoms with E-state index in [2.05, 4.69) is 12.2 Å². The molecule has 2 aliphatic carbocycles. The number of aromatic nitrogens is 1. The SMILES string of the molecule is CC(NC(=O)c1cc(N)cn1C)C1CC2CCC1C2. The number of hydrogen-bond donors (Lipinski definition) is 2. The number of aryl methyl sites for hydroxylation is 1. The fourth-order valence-electron chi connectivity index (χ4n) is 4.11. The van der Waals surface area contributed by atoms with Crippen LogP contribution in [0.5, 0.6) is 0 Å². The summed E-state index contributed by atoms with van der Waals surface area (Å²) in [7, 11) is 1.85. The number of nitrogens with two attached hydrogens (primary N) is 1. The fourth-order valence-corrected chi connectivity index (χ4v) is 4.11. The van der Waals surface area contributed by atoms with Crippen molar-refractivity contribution in [3.05, 3.63) is 18.0 Å². The first-order valence-corrected chi connectivity index (χ1v) is 7.27. The van der Waals surface area contributed by atoms with E-state index in [1.165, 1.54) is 25.7 Å². The van der Waals surface area contributed by atoms with E-state index in [1.54, 1.807) is 16.8 Å². The van der Waals surface area contributed by atoms with E-state index in [0.29, 0.717) is 17.3 Å². The maximum absolute atomic E-state index is 12.3. The Morgan fingerprint density at radius 3 is 2.79 bits per heavy atom. The van der Waals surface area contributed by atoms with Crippen LogP contribution in [0.3, 0.4) is 0 Å². The summed E-state index contributed by atoms with van der Waals surface area (Å²) in [6, 6.07) is 2.00. The standard InChI is InChI=1S/C15H23N3O/c1-9(13-6-10-3-4-11(13)5-10)17-15(19)14-7-12(16)8-18(14)2/h7-11,13H,3-6,16H2,1-2H3,(H,17,19). The number of amides is 1. The van der Waals surface area contributed by atoms with E-state index >= 15 is 0 Å². The van der Waals surface area contributed by atoms with Gasteiger partial charge in [0.25, 0.3) is 5.91 Å². The zero-order valence-corrected chi connectivity index (χ0v) is 11.7. The van der Waals surface area contributed by atoms with Crippen LogP contribution >= 0.6 is 0 Å². The summed E-state index contributed by atoms with van der Waals surface area (Å²) in [6.45, 7) is 2.15.